The summed E-state index contributed by atoms with van der Waals surface area (Å²) in [5.74, 6) is -7.29. The lowest BCUT2D eigenvalue weighted by atomic mass is 10.0. The van der Waals surface area contributed by atoms with Crippen LogP contribution in [0.4, 0.5) is 0 Å². The van der Waals surface area contributed by atoms with E-state index in [1.54, 1.807) is 24.4 Å². The van der Waals surface area contributed by atoms with Crippen molar-refractivity contribution in [2.75, 3.05) is 18.1 Å². The maximum Gasteiger partial charge on any atom is 0.245 e. The smallest absolute Gasteiger partial charge is 0.245 e. The van der Waals surface area contributed by atoms with Crippen LogP contribution in [0.15, 0.2) is 60.8 Å². The zero-order chi connectivity index (χ0) is 49.1. The molecule has 0 saturated heterocycles. The summed E-state index contributed by atoms with van der Waals surface area (Å²) >= 11 is 8.31. The first kappa shape index (κ1) is 54.6. The number of carbonyl (C=O) groups is 8. The van der Waals surface area contributed by atoms with Crippen molar-refractivity contribution in [2.45, 2.75) is 113 Å². The molecule has 1 aromatic heterocycles. The number of aromatic nitrogens is 1. The van der Waals surface area contributed by atoms with Crippen LogP contribution in [0.1, 0.15) is 51.2 Å². The number of H-pyrrole nitrogens is 1. The van der Waals surface area contributed by atoms with Crippen LogP contribution in [-0.4, -0.2) is 141 Å². The molecule has 0 aliphatic heterocycles. The molecule has 1 heterocycles. The van der Waals surface area contributed by atoms with Crippen molar-refractivity contribution < 1.29 is 48.6 Å². The predicted molar refractivity (Wildman–Crippen MR) is 252 cm³/mol. The molecule has 8 amide bonds. The van der Waals surface area contributed by atoms with Crippen LogP contribution < -0.4 is 54.4 Å². The van der Waals surface area contributed by atoms with Crippen LogP contribution in [0.3, 0.4) is 0 Å². The van der Waals surface area contributed by atoms with E-state index in [2.05, 4.69) is 67.5 Å². The Morgan fingerprint density at radius 2 is 1.12 bits per heavy atom. The second-order valence-corrected chi connectivity index (χ2v) is 16.6. The number of unbranched alkanes of at least 4 members (excludes halogenated alkanes) is 1. The van der Waals surface area contributed by atoms with Crippen molar-refractivity contribution in [3.05, 3.63) is 71.9 Å². The molecule has 3 aromatic rings. The molecule has 0 fully saturated rings. The fourth-order valence-electron chi connectivity index (χ4n) is 6.67. The quantitative estimate of drug-likeness (QED) is 0.0268. The molecule has 23 heteroatoms. The van der Waals surface area contributed by atoms with Gasteiger partial charge in [0.05, 0.1) is 18.2 Å². The Morgan fingerprint density at radius 3 is 1.71 bits per heavy atom. The van der Waals surface area contributed by atoms with Gasteiger partial charge < -0.3 is 69.6 Å². The van der Waals surface area contributed by atoms with E-state index in [1.165, 1.54) is 20.8 Å². The molecular weight excluding hydrogens is 895 g/mol. The number of nitrogens with two attached hydrogens (primary N) is 3. The zero-order valence-electron chi connectivity index (χ0n) is 37.0. The lowest BCUT2D eigenvalue weighted by Crippen LogP contribution is -2.62. The number of aliphatic hydroxyl groups is 2. The summed E-state index contributed by atoms with van der Waals surface area (Å²) in [6.45, 7) is 4.06. The number of nitrogens with one attached hydrogen (secondary N) is 8. The molecule has 3 rings (SSSR count). The highest BCUT2D eigenvalue weighted by molar-refractivity contribution is 7.80. The van der Waals surface area contributed by atoms with Gasteiger partial charge in [0.1, 0.15) is 42.3 Å². The first-order valence-electron chi connectivity index (χ1n) is 21.4. The molecule has 2 aromatic carbocycles. The Balaban J connectivity index is 1.81. The van der Waals surface area contributed by atoms with Crippen molar-refractivity contribution in [3.8, 4) is 0 Å². The number of fused-ring (bicyclic) bond motifs is 1. The molecule has 66 heavy (non-hydrogen) atoms. The van der Waals surface area contributed by atoms with Gasteiger partial charge in [-0.05, 0) is 70.2 Å². The Hall–Kier alpha value is -5.72. The highest BCUT2D eigenvalue weighted by Gasteiger charge is 2.35. The van der Waals surface area contributed by atoms with Crippen LogP contribution in [0.25, 0.3) is 10.9 Å². The van der Waals surface area contributed by atoms with E-state index in [0.717, 1.165) is 16.5 Å². The SMILES string of the molecule is C[C@H](NC(=O)[C@H](CS)NC(=O)[C@H](N)Cc1ccccc1)C(=O)N[C@H](Cc1c[nH]c2ccccc12)C(=O)N[C@@H](CCCCN)C(=O)N[C@H](C(=O)N[C@@H](CS)C(=O)N[C@H](C(N)=O)[C@@H](C)O)[C@@H](C)O. The number of aliphatic hydroxyl groups excluding tert-OH is 2. The number of aromatic amines is 1. The predicted octanol–water partition coefficient (Wildman–Crippen LogP) is -3.07. The molecule has 0 spiro atoms. The number of para-hydroxylation sites is 1. The molecule has 16 N–H and O–H groups in total. The van der Waals surface area contributed by atoms with Crippen LogP contribution in [0, 0.1) is 0 Å². The molecule has 0 saturated carbocycles. The molecule has 21 nitrogen and oxygen atoms in total. The van der Waals surface area contributed by atoms with Gasteiger partial charge in [-0.2, -0.15) is 25.3 Å². The molecule has 0 aliphatic rings. The molecule has 362 valence electrons. The molecular formula is C43H63N11O10S2. The first-order chi connectivity index (χ1) is 31.3. The third-order valence-corrected chi connectivity index (χ3v) is 11.2. The van der Waals surface area contributed by atoms with E-state index >= 15 is 0 Å². The lowest BCUT2D eigenvalue weighted by Gasteiger charge is -2.28. The van der Waals surface area contributed by atoms with Crippen molar-refractivity contribution in [1.29, 1.82) is 0 Å². The first-order valence-corrected chi connectivity index (χ1v) is 22.6. The van der Waals surface area contributed by atoms with Gasteiger partial charge in [-0.1, -0.05) is 48.5 Å². The molecule has 10 atom stereocenters. The largest absolute Gasteiger partial charge is 0.391 e. The fraction of sp³-hybridized carbons (Fsp3) is 0.488. The van der Waals surface area contributed by atoms with Gasteiger partial charge in [0.2, 0.25) is 47.3 Å². The minimum absolute atomic E-state index is 0.00446. The van der Waals surface area contributed by atoms with Crippen molar-refractivity contribution >= 4 is 83.4 Å². The third kappa shape index (κ3) is 16.6. The van der Waals surface area contributed by atoms with Crippen molar-refractivity contribution in [3.63, 3.8) is 0 Å². The second-order valence-electron chi connectivity index (χ2n) is 15.8. The summed E-state index contributed by atoms with van der Waals surface area (Å²) in [5.41, 5.74) is 19.3. The molecule has 0 radical (unpaired) electrons. The number of hydrogen-bond acceptors (Lipinski definition) is 14. The van der Waals surface area contributed by atoms with Crippen LogP contribution >= 0.6 is 25.3 Å². The minimum atomic E-state index is -1.68. The summed E-state index contributed by atoms with van der Waals surface area (Å²) < 4.78 is 0. The van der Waals surface area contributed by atoms with Crippen molar-refractivity contribution in [1.82, 2.24) is 42.2 Å². The van der Waals surface area contributed by atoms with Gasteiger partial charge >= 0.3 is 0 Å². The topological polar surface area (TPSA) is 355 Å². The average molecular weight is 958 g/mol. The highest BCUT2D eigenvalue weighted by atomic mass is 32.1. The summed E-state index contributed by atoms with van der Waals surface area (Å²) in [4.78, 5) is 109. The molecule has 0 bridgehead atoms. The van der Waals surface area contributed by atoms with E-state index in [4.69, 9.17) is 17.2 Å². The Kier molecular flexibility index (Phi) is 22.4. The number of thiol groups is 2. The van der Waals surface area contributed by atoms with E-state index in [9.17, 15) is 48.6 Å². The summed E-state index contributed by atoms with van der Waals surface area (Å²) in [7, 11) is 0. The summed E-state index contributed by atoms with van der Waals surface area (Å²) in [6, 6.07) is 5.61. The highest BCUT2D eigenvalue weighted by Crippen LogP contribution is 2.20. The van der Waals surface area contributed by atoms with E-state index in [1.807, 2.05) is 36.4 Å². The molecule has 0 unspecified atom stereocenters. The van der Waals surface area contributed by atoms with Gasteiger partial charge in [0.15, 0.2) is 0 Å². The number of carbonyl (C=O) groups excluding carboxylic acids is 8. The van der Waals surface area contributed by atoms with E-state index in [0.29, 0.717) is 18.4 Å². The standard InChI is InChI=1S/C43H63N11O10S2/c1-22(48-41(62)32(20-65)51-38(59)28(45)17-25-11-5-4-6-12-25)37(58)50-31(18-26-19-47-29-14-8-7-13-27(26)29)40(61)49-30(15-9-10-16-44)39(60)54-35(24(3)56)43(64)52-33(21-66)42(63)53-34(23(2)55)36(46)57/h4-8,11-14,19,22-24,28,30-35,47,55-56,65-66H,9-10,15-18,20-21,44-45H2,1-3H3,(H2,46,57)(H,48,62)(H,49,61)(H,50,58)(H,51,59)(H,52,64)(H,53,63)(H,54,60)/t22-,23+,24+,28+,30-,31+,32-,33-,34-,35-/m0/s1. The Morgan fingerprint density at radius 1 is 0.606 bits per heavy atom. The van der Waals surface area contributed by atoms with Gasteiger partial charge in [-0.3, -0.25) is 38.4 Å². The average Bonchev–Trinajstić information content (AvgIpc) is 3.69. The summed E-state index contributed by atoms with van der Waals surface area (Å²) in [6.07, 6.45) is -0.352. The number of amides is 8. The van der Waals surface area contributed by atoms with Gasteiger partial charge in [-0.25, -0.2) is 0 Å². The number of rotatable bonds is 27. The lowest BCUT2D eigenvalue weighted by molar-refractivity contribution is -0.137. The van der Waals surface area contributed by atoms with Gasteiger partial charge in [0.25, 0.3) is 0 Å². The number of primary amides is 1. The van der Waals surface area contributed by atoms with Crippen LogP contribution in [0.2, 0.25) is 0 Å². The summed E-state index contributed by atoms with van der Waals surface area (Å²) in [5, 5.41) is 38.7. The van der Waals surface area contributed by atoms with Crippen LogP contribution in [0.5, 0.6) is 0 Å². The van der Waals surface area contributed by atoms with Crippen molar-refractivity contribution in [2.24, 2.45) is 17.2 Å². The maximum atomic E-state index is 14.3. The number of benzene rings is 2. The molecule has 0 aliphatic carbocycles. The Labute approximate surface area is 393 Å². The maximum absolute atomic E-state index is 14.3. The van der Waals surface area contributed by atoms with Gasteiger partial charge in [-0.15, -0.1) is 0 Å². The van der Waals surface area contributed by atoms with Gasteiger partial charge in [0, 0.05) is 35.0 Å². The zero-order valence-corrected chi connectivity index (χ0v) is 38.8. The second kappa shape index (κ2) is 27.0. The third-order valence-electron chi connectivity index (χ3n) is 10.5. The van der Waals surface area contributed by atoms with E-state index < -0.39 is 108 Å². The normalized spacial score (nSPS) is 15.8. The Bertz CT molecular complexity index is 2130. The van der Waals surface area contributed by atoms with E-state index in [-0.39, 0.29) is 37.3 Å². The minimum Gasteiger partial charge on any atom is -0.391 e. The number of hydrogen-bond donors (Lipinski definition) is 15. The monoisotopic (exact) mass is 957 g/mol. The fourth-order valence-corrected chi connectivity index (χ4v) is 7.19. The van der Waals surface area contributed by atoms with Crippen LogP contribution in [-0.2, 0) is 51.2 Å².